The van der Waals surface area contributed by atoms with E-state index in [4.69, 9.17) is 5.73 Å². The van der Waals surface area contributed by atoms with E-state index in [1.807, 2.05) is 11.8 Å². The van der Waals surface area contributed by atoms with Crippen molar-refractivity contribution in [3.63, 3.8) is 0 Å². The zero-order valence-corrected chi connectivity index (χ0v) is 12.2. The van der Waals surface area contributed by atoms with Crippen molar-refractivity contribution in [3.05, 3.63) is 28.2 Å². The lowest BCUT2D eigenvalue weighted by Crippen LogP contribution is -2.24. The molecule has 0 radical (unpaired) electrons. The van der Waals surface area contributed by atoms with Crippen LogP contribution in [-0.2, 0) is 0 Å². The van der Waals surface area contributed by atoms with Gasteiger partial charge in [0, 0.05) is 22.3 Å². The molecule has 17 heavy (non-hydrogen) atoms. The van der Waals surface area contributed by atoms with Gasteiger partial charge in [0.05, 0.1) is 0 Å². The first-order valence-electron chi connectivity index (χ1n) is 5.47. The first-order valence-corrected chi connectivity index (χ1v) is 7.66. The molecule has 3 nitrogen and oxygen atoms in total. The van der Waals surface area contributed by atoms with Crippen molar-refractivity contribution >= 4 is 39.3 Å². The fraction of sp³-hybridized carbons (Fsp3) is 0.417. The Labute approximate surface area is 115 Å². The Hall–Kier alpha value is -0.680. The normalized spacial score (nSPS) is 10.2. The minimum Gasteiger partial charge on any atom is -0.398 e. The molecule has 0 spiro atoms. The third kappa shape index (κ3) is 5.00. The summed E-state index contributed by atoms with van der Waals surface area (Å²) in [7, 11) is 0. The number of hydrogen-bond donors (Lipinski definition) is 2. The van der Waals surface area contributed by atoms with Crippen molar-refractivity contribution < 1.29 is 4.79 Å². The first-order chi connectivity index (χ1) is 8.15. The van der Waals surface area contributed by atoms with E-state index in [-0.39, 0.29) is 5.91 Å². The van der Waals surface area contributed by atoms with Gasteiger partial charge in [-0.2, -0.15) is 11.8 Å². The third-order valence-electron chi connectivity index (χ3n) is 2.32. The minimum absolute atomic E-state index is 0.0617. The lowest BCUT2D eigenvalue weighted by molar-refractivity contribution is 0.0953. The molecule has 1 rings (SSSR count). The summed E-state index contributed by atoms with van der Waals surface area (Å²) in [6.07, 6.45) is 4.23. The summed E-state index contributed by atoms with van der Waals surface area (Å²) >= 11 is 5.13. The number of hydrogen-bond acceptors (Lipinski definition) is 3. The van der Waals surface area contributed by atoms with Gasteiger partial charge in [-0.25, -0.2) is 0 Å². The summed E-state index contributed by atoms with van der Waals surface area (Å²) in [5.41, 5.74) is 6.91. The third-order valence-corrected chi connectivity index (χ3v) is 3.74. The van der Waals surface area contributed by atoms with Crippen molar-refractivity contribution in [1.29, 1.82) is 0 Å². The van der Waals surface area contributed by atoms with Crippen LogP contribution >= 0.6 is 27.7 Å². The topological polar surface area (TPSA) is 55.1 Å². The molecular weight excluding hydrogens is 300 g/mol. The van der Waals surface area contributed by atoms with E-state index in [2.05, 4.69) is 27.5 Å². The van der Waals surface area contributed by atoms with Crippen LogP contribution < -0.4 is 11.1 Å². The monoisotopic (exact) mass is 316 g/mol. The lowest BCUT2D eigenvalue weighted by atomic mass is 10.2. The van der Waals surface area contributed by atoms with Crippen molar-refractivity contribution in [2.24, 2.45) is 0 Å². The maximum Gasteiger partial charge on any atom is 0.251 e. The van der Waals surface area contributed by atoms with Crippen LogP contribution in [0.2, 0.25) is 0 Å². The number of nitrogen functional groups attached to an aromatic ring is 1. The fourth-order valence-electron chi connectivity index (χ4n) is 1.36. The van der Waals surface area contributed by atoms with Crippen LogP contribution in [0.4, 0.5) is 5.69 Å². The molecule has 0 aromatic heterocycles. The van der Waals surface area contributed by atoms with Gasteiger partial charge in [0.2, 0.25) is 0 Å². The van der Waals surface area contributed by atoms with Crippen molar-refractivity contribution in [3.8, 4) is 0 Å². The van der Waals surface area contributed by atoms with Crippen LogP contribution in [-0.4, -0.2) is 24.5 Å². The second kappa shape index (κ2) is 7.61. The zero-order valence-electron chi connectivity index (χ0n) is 9.83. The molecule has 0 atom stereocenters. The van der Waals surface area contributed by atoms with Crippen LogP contribution in [0.15, 0.2) is 22.7 Å². The van der Waals surface area contributed by atoms with Crippen molar-refractivity contribution in [2.45, 2.75) is 12.8 Å². The number of carbonyl (C=O) groups excluding carboxylic acids is 1. The first kappa shape index (κ1) is 14.4. The van der Waals surface area contributed by atoms with E-state index in [1.54, 1.807) is 18.2 Å². The number of unbranched alkanes of at least 4 members (excludes halogenated alkanes) is 1. The molecule has 3 N–H and O–H groups in total. The summed E-state index contributed by atoms with van der Waals surface area (Å²) in [6, 6.07) is 5.23. The largest absolute Gasteiger partial charge is 0.398 e. The van der Waals surface area contributed by atoms with Crippen LogP contribution in [0.5, 0.6) is 0 Å². The van der Waals surface area contributed by atoms with E-state index in [0.717, 1.165) is 29.6 Å². The van der Waals surface area contributed by atoms with Gasteiger partial charge in [-0.15, -0.1) is 0 Å². The molecule has 1 aromatic rings. The van der Waals surface area contributed by atoms with Gasteiger partial charge in [-0.1, -0.05) is 0 Å². The molecule has 94 valence electrons. The Kier molecular flexibility index (Phi) is 6.44. The molecule has 1 amide bonds. The van der Waals surface area contributed by atoms with Crippen LogP contribution in [0.25, 0.3) is 0 Å². The molecule has 0 saturated carbocycles. The maximum atomic E-state index is 11.8. The van der Waals surface area contributed by atoms with Crippen molar-refractivity contribution in [2.75, 3.05) is 24.3 Å². The molecule has 0 fully saturated rings. The van der Waals surface area contributed by atoms with Gasteiger partial charge in [0.1, 0.15) is 0 Å². The van der Waals surface area contributed by atoms with Gasteiger partial charge < -0.3 is 11.1 Å². The predicted molar refractivity (Wildman–Crippen MR) is 78.5 cm³/mol. The second-order valence-corrected chi connectivity index (χ2v) is 5.53. The van der Waals surface area contributed by atoms with Crippen LogP contribution in [0.3, 0.4) is 0 Å². The summed E-state index contributed by atoms with van der Waals surface area (Å²) in [4.78, 5) is 11.8. The van der Waals surface area contributed by atoms with Gasteiger partial charge in [-0.3, -0.25) is 4.79 Å². The molecule has 5 heteroatoms. The minimum atomic E-state index is -0.0617. The van der Waals surface area contributed by atoms with Gasteiger partial charge in [0.15, 0.2) is 0 Å². The molecule has 0 saturated heterocycles. The molecule has 1 aromatic carbocycles. The number of anilines is 1. The number of nitrogens with two attached hydrogens (primary N) is 1. The standard InChI is InChI=1S/C12H17BrN2OS/c1-17-7-3-2-6-15-12(16)9-4-5-10(13)11(14)8-9/h4-5,8H,2-3,6-7,14H2,1H3,(H,15,16). The highest BCUT2D eigenvalue weighted by molar-refractivity contribution is 9.10. The maximum absolute atomic E-state index is 11.8. The Bertz CT molecular complexity index is 385. The smallest absolute Gasteiger partial charge is 0.251 e. The number of amides is 1. The predicted octanol–water partition coefficient (Wildman–Crippen LogP) is 2.90. The number of thioether (sulfide) groups is 1. The molecule has 0 unspecified atom stereocenters. The van der Waals surface area contributed by atoms with Crippen LogP contribution in [0, 0.1) is 0 Å². The SMILES string of the molecule is CSCCCCNC(=O)c1ccc(Br)c(N)c1. The van der Waals surface area contributed by atoms with E-state index in [0.29, 0.717) is 11.3 Å². The summed E-state index contributed by atoms with van der Waals surface area (Å²) < 4.78 is 0.814. The quantitative estimate of drug-likeness (QED) is 0.626. The number of rotatable bonds is 6. The second-order valence-electron chi connectivity index (χ2n) is 3.69. The number of halogens is 1. The highest BCUT2D eigenvalue weighted by atomic mass is 79.9. The number of benzene rings is 1. The molecule has 0 bridgehead atoms. The van der Waals surface area contributed by atoms with E-state index >= 15 is 0 Å². The fourth-order valence-corrected chi connectivity index (χ4v) is 2.10. The summed E-state index contributed by atoms with van der Waals surface area (Å²) in [5.74, 6) is 1.08. The zero-order chi connectivity index (χ0) is 12.7. The molecular formula is C12H17BrN2OS. The lowest BCUT2D eigenvalue weighted by Gasteiger charge is -2.06. The highest BCUT2D eigenvalue weighted by Gasteiger charge is 2.06. The number of nitrogens with one attached hydrogen (secondary N) is 1. The average molecular weight is 317 g/mol. The van der Waals surface area contributed by atoms with E-state index in [1.165, 1.54) is 0 Å². The van der Waals surface area contributed by atoms with E-state index in [9.17, 15) is 4.79 Å². The Morgan fingerprint density at radius 1 is 1.47 bits per heavy atom. The number of carbonyl (C=O) groups is 1. The average Bonchev–Trinajstić information content (AvgIpc) is 2.32. The Balaban J connectivity index is 2.39. The highest BCUT2D eigenvalue weighted by Crippen LogP contribution is 2.20. The van der Waals surface area contributed by atoms with Gasteiger partial charge in [-0.05, 0) is 59.0 Å². The Morgan fingerprint density at radius 3 is 2.88 bits per heavy atom. The van der Waals surface area contributed by atoms with Crippen molar-refractivity contribution in [1.82, 2.24) is 5.32 Å². The van der Waals surface area contributed by atoms with Gasteiger partial charge in [0.25, 0.3) is 5.91 Å². The molecule has 0 heterocycles. The summed E-state index contributed by atoms with van der Waals surface area (Å²) in [5, 5.41) is 2.89. The van der Waals surface area contributed by atoms with Gasteiger partial charge >= 0.3 is 0 Å². The molecule has 0 aliphatic carbocycles. The molecule has 0 aliphatic heterocycles. The molecule has 0 aliphatic rings. The van der Waals surface area contributed by atoms with Crippen LogP contribution in [0.1, 0.15) is 23.2 Å². The van der Waals surface area contributed by atoms with E-state index < -0.39 is 0 Å². The Morgan fingerprint density at radius 2 is 2.24 bits per heavy atom. The summed E-state index contributed by atoms with van der Waals surface area (Å²) in [6.45, 7) is 0.718.